The standard InChI is InChI=1S/C27H26ClFN4O2S/c1-17-7-10-21(28)15-24(17)33-26(18(2)30-25(34)14-19-8-11-22(29)12-9-19)31-32-27(33)36-16-20-5-4-6-23(13-20)35-3/h4-13,15,18H,14,16H2,1-3H3,(H,30,34). The Bertz CT molecular complexity index is 1360. The summed E-state index contributed by atoms with van der Waals surface area (Å²) in [7, 11) is 1.64. The van der Waals surface area contributed by atoms with Crippen LogP contribution in [-0.2, 0) is 17.0 Å². The highest BCUT2D eigenvalue weighted by molar-refractivity contribution is 7.98. The van der Waals surface area contributed by atoms with Crippen molar-refractivity contribution in [2.24, 2.45) is 0 Å². The number of hydrogen-bond acceptors (Lipinski definition) is 5. The number of nitrogens with one attached hydrogen (secondary N) is 1. The number of aromatic nitrogens is 3. The van der Waals surface area contributed by atoms with Gasteiger partial charge in [0, 0.05) is 10.8 Å². The third kappa shape index (κ3) is 6.25. The maximum Gasteiger partial charge on any atom is 0.224 e. The third-order valence-electron chi connectivity index (χ3n) is 5.62. The lowest BCUT2D eigenvalue weighted by atomic mass is 10.1. The van der Waals surface area contributed by atoms with Crippen molar-refractivity contribution in [1.82, 2.24) is 20.1 Å². The Hall–Kier alpha value is -3.36. The molecule has 1 amide bonds. The van der Waals surface area contributed by atoms with Gasteiger partial charge < -0.3 is 10.1 Å². The zero-order valence-electron chi connectivity index (χ0n) is 20.2. The predicted molar refractivity (Wildman–Crippen MR) is 140 cm³/mol. The number of aryl methyl sites for hydroxylation is 1. The molecular weight excluding hydrogens is 499 g/mol. The van der Waals surface area contributed by atoms with Crippen molar-refractivity contribution in [2.45, 2.75) is 37.2 Å². The monoisotopic (exact) mass is 524 g/mol. The van der Waals surface area contributed by atoms with E-state index in [4.69, 9.17) is 16.3 Å². The number of nitrogens with zero attached hydrogens (tertiary/aromatic N) is 3. The molecular formula is C27H26ClFN4O2S. The number of carbonyl (C=O) groups excluding carboxylic acids is 1. The first-order chi connectivity index (χ1) is 17.3. The maximum absolute atomic E-state index is 13.2. The molecule has 0 fully saturated rings. The minimum atomic E-state index is -0.435. The molecule has 0 spiro atoms. The topological polar surface area (TPSA) is 69.0 Å². The molecule has 0 aliphatic carbocycles. The third-order valence-corrected chi connectivity index (χ3v) is 6.85. The van der Waals surface area contributed by atoms with Crippen LogP contribution in [0.2, 0.25) is 5.02 Å². The number of benzene rings is 3. The molecule has 3 aromatic carbocycles. The number of methoxy groups -OCH3 is 1. The number of amides is 1. The molecule has 1 aromatic heterocycles. The van der Waals surface area contributed by atoms with Crippen LogP contribution < -0.4 is 10.1 Å². The predicted octanol–water partition coefficient (Wildman–Crippen LogP) is 6.09. The molecule has 0 saturated heterocycles. The van der Waals surface area contributed by atoms with Gasteiger partial charge in [-0.05, 0) is 66.9 Å². The quantitative estimate of drug-likeness (QED) is 0.268. The molecule has 1 heterocycles. The fraction of sp³-hybridized carbons (Fsp3) is 0.222. The molecule has 36 heavy (non-hydrogen) atoms. The molecule has 4 rings (SSSR count). The molecule has 0 radical (unpaired) electrons. The van der Waals surface area contributed by atoms with E-state index in [1.165, 1.54) is 23.9 Å². The Morgan fingerprint density at radius 2 is 1.89 bits per heavy atom. The van der Waals surface area contributed by atoms with E-state index in [0.717, 1.165) is 28.1 Å². The molecule has 9 heteroatoms. The minimum absolute atomic E-state index is 0.131. The lowest BCUT2D eigenvalue weighted by Crippen LogP contribution is -2.30. The van der Waals surface area contributed by atoms with Gasteiger partial charge in [0.05, 0.1) is 25.3 Å². The van der Waals surface area contributed by atoms with Crippen molar-refractivity contribution in [1.29, 1.82) is 0 Å². The Balaban J connectivity index is 1.60. The van der Waals surface area contributed by atoms with Gasteiger partial charge in [-0.1, -0.05) is 53.7 Å². The minimum Gasteiger partial charge on any atom is -0.497 e. The average molecular weight is 525 g/mol. The van der Waals surface area contributed by atoms with Crippen molar-refractivity contribution in [2.75, 3.05) is 7.11 Å². The number of hydrogen-bond donors (Lipinski definition) is 1. The van der Waals surface area contributed by atoms with E-state index >= 15 is 0 Å². The Kier molecular flexibility index (Phi) is 8.28. The van der Waals surface area contributed by atoms with Gasteiger partial charge >= 0.3 is 0 Å². The van der Waals surface area contributed by atoms with Crippen LogP contribution in [0.4, 0.5) is 4.39 Å². The highest BCUT2D eigenvalue weighted by Crippen LogP contribution is 2.31. The molecule has 6 nitrogen and oxygen atoms in total. The zero-order chi connectivity index (χ0) is 25.7. The molecule has 1 N–H and O–H groups in total. The molecule has 0 aliphatic rings. The van der Waals surface area contributed by atoms with Crippen LogP contribution in [0.1, 0.15) is 35.5 Å². The van der Waals surface area contributed by atoms with Gasteiger partial charge in [0.1, 0.15) is 11.6 Å². The molecule has 0 saturated carbocycles. The van der Waals surface area contributed by atoms with E-state index < -0.39 is 6.04 Å². The van der Waals surface area contributed by atoms with E-state index in [0.29, 0.717) is 21.8 Å². The smallest absolute Gasteiger partial charge is 0.224 e. The number of halogens is 2. The second-order valence-corrected chi connectivity index (χ2v) is 9.72. The Morgan fingerprint density at radius 1 is 1.11 bits per heavy atom. The zero-order valence-corrected chi connectivity index (χ0v) is 21.7. The van der Waals surface area contributed by atoms with Crippen LogP contribution in [0, 0.1) is 12.7 Å². The summed E-state index contributed by atoms with van der Waals surface area (Å²) in [6.07, 6.45) is 0.131. The fourth-order valence-corrected chi connectivity index (χ4v) is 4.82. The summed E-state index contributed by atoms with van der Waals surface area (Å²) in [4.78, 5) is 12.7. The SMILES string of the molecule is COc1cccc(CSc2nnc(C(C)NC(=O)Cc3ccc(F)cc3)n2-c2cc(Cl)ccc2C)c1. The Morgan fingerprint density at radius 3 is 2.64 bits per heavy atom. The first-order valence-electron chi connectivity index (χ1n) is 11.4. The van der Waals surface area contributed by atoms with Crippen LogP contribution in [0.5, 0.6) is 5.75 Å². The van der Waals surface area contributed by atoms with Crippen LogP contribution in [-0.4, -0.2) is 27.8 Å². The van der Waals surface area contributed by atoms with Crippen molar-refractivity contribution in [3.8, 4) is 11.4 Å². The van der Waals surface area contributed by atoms with Crippen LogP contribution >= 0.6 is 23.4 Å². The van der Waals surface area contributed by atoms with E-state index in [2.05, 4.69) is 15.5 Å². The second-order valence-electron chi connectivity index (χ2n) is 8.34. The van der Waals surface area contributed by atoms with Gasteiger partial charge in [0.15, 0.2) is 11.0 Å². The van der Waals surface area contributed by atoms with E-state index in [9.17, 15) is 9.18 Å². The van der Waals surface area contributed by atoms with Crippen LogP contribution in [0.25, 0.3) is 5.69 Å². The lowest BCUT2D eigenvalue weighted by Gasteiger charge is -2.18. The summed E-state index contributed by atoms with van der Waals surface area (Å²) < 4.78 is 20.5. The Labute approximate surface area is 218 Å². The number of ether oxygens (including phenoxy) is 1. The maximum atomic E-state index is 13.2. The molecule has 4 aromatic rings. The van der Waals surface area contributed by atoms with Gasteiger partial charge in [-0.25, -0.2) is 4.39 Å². The molecule has 1 atom stereocenters. The first-order valence-corrected chi connectivity index (χ1v) is 12.7. The van der Waals surface area contributed by atoms with Crippen molar-refractivity contribution >= 4 is 29.3 Å². The van der Waals surface area contributed by atoms with Crippen molar-refractivity contribution in [3.05, 3.63) is 100 Å². The van der Waals surface area contributed by atoms with Crippen LogP contribution in [0.15, 0.2) is 71.9 Å². The first kappa shape index (κ1) is 25.7. The molecule has 0 aliphatic heterocycles. The normalized spacial score (nSPS) is 11.8. The van der Waals surface area contributed by atoms with E-state index in [1.54, 1.807) is 19.2 Å². The second kappa shape index (κ2) is 11.6. The van der Waals surface area contributed by atoms with Gasteiger partial charge in [-0.3, -0.25) is 9.36 Å². The van der Waals surface area contributed by atoms with E-state index in [1.807, 2.05) is 60.9 Å². The summed E-state index contributed by atoms with van der Waals surface area (Å²) in [5.41, 5.74) is 3.64. The summed E-state index contributed by atoms with van der Waals surface area (Å²) in [5, 5.41) is 13.2. The number of rotatable bonds is 9. The summed E-state index contributed by atoms with van der Waals surface area (Å²) in [6.45, 7) is 3.85. The summed E-state index contributed by atoms with van der Waals surface area (Å²) >= 11 is 7.87. The van der Waals surface area contributed by atoms with Gasteiger partial charge in [0.25, 0.3) is 0 Å². The summed E-state index contributed by atoms with van der Waals surface area (Å²) in [6, 6.07) is 19.0. The van der Waals surface area contributed by atoms with Crippen LogP contribution in [0.3, 0.4) is 0 Å². The largest absolute Gasteiger partial charge is 0.497 e. The fourth-order valence-electron chi connectivity index (χ4n) is 3.76. The van der Waals surface area contributed by atoms with Crippen molar-refractivity contribution < 1.29 is 13.9 Å². The average Bonchev–Trinajstić information content (AvgIpc) is 3.29. The van der Waals surface area contributed by atoms with E-state index in [-0.39, 0.29) is 18.1 Å². The van der Waals surface area contributed by atoms with Crippen molar-refractivity contribution in [3.63, 3.8) is 0 Å². The summed E-state index contributed by atoms with van der Waals surface area (Å²) in [5.74, 6) is 1.49. The van der Waals surface area contributed by atoms with Gasteiger partial charge in [0.2, 0.25) is 5.91 Å². The highest BCUT2D eigenvalue weighted by atomic mass is 35.5. The number of thioether (sulfide) groups is 1. The highest BCUT2D eigenvalue weighted by Gasteiger charge is 2.22. The van der Waals surface area contributed by atoms with Gasteiger partial charge in [-0.15, -0.1) is 10.2 Å². The molecule has 0 bridgehead atoms. The molecule has 1 unspecified atom stereocenters. The molecule has 186 valence electrons. The number of carbonyl (C=O) groups is 1. The van der Waals surface area contributed by atoms with Gasteiger partial charge in [-0.2, -0.15) is 0 Å². The lowest BCUT2D eigenvalue weighted by molar-refractivity contribution is -0.121.